The van der Waals surface area contributed by atoms with Gasteiger partial charge in [0.25, 0.3) is 5.91 Å². The third-order valence-corrected chi connectivity index (χ3v) is 4.26. The molecule has 0 unspecified atom stereocenters. The highest BCUT2D eigenvalue weighted by molar-refractivity contribution is 5.92. The van der Waals surface area contributed by atoms with Crippen LogP contribution in [-0.2, 0) is 0 Å². The topological polar surface area (TPSA) is 69.9 Å². The summed E-state index contributed by atoms with van der Waals surface area (Å²) in [6, 6.07) is 1.79. The summed E-state index contributed by atoms with van der Waals surface area (Å²) >= 11 is 0. The number of guanidine groups is 1. The van der Waals surface area contributed by atoms with Gasteiger partial charge in [-0.25, -0.2) is 0 Å². The van der Waals surface area contributed by atoms with Crippen LogP contribution in [0.2, 0.25) is 0 Å². The number of carbonyl (C=O) groups is 1. The molecule has 1 aromatic heterocycles. The molecule has 1 saturated heterocycles. The number of amides is 1. The van der Waals surface area contributed by atoms with Gasteiger partial charge in [-0.15, -0.1) is 0 Å². The summed E-state index contributed by atoms with van der Waals surface area (Å²) in [5, 5.41) is 6.24. The molecule has 1 aromatic rings. The van der Waals surface area contributed by atoms with Crippen molar-refractivity contribution in [1.29, 1.82) is 0 Å². The van der Waals surface area contributed by atoms with Crippen LogP contribution in [-0.4, -0.2) is 49.5 Å². The second-order valence-corrected chi connectivity index (χ2v) is 7.11. The third kappa shape index (κ3) is 5.01. The van der Waals surface area contributed by atoms with Crippen LogP contribution in [0.1, 0.15) is 49.7 Å². The molecular weight excluding hydrogens is 304 g/mol. The Morgan fingerprint density at radius 3 is 2.79 bits per heavy atom. The maximum atomic E-state index is 11.9. The van der Waals surface area contributed by atoms with E-state index < -0.39 is 0 Å². The Labute approximate surface area is 144 Å². The van der Waals surface area contributed by atoms with Crippen molar-refractivity contribution in [1.82, 2.24) is 15.5 Å². The van der Waals surface area contributed by atoms with Crippen LogP contribution < -0.4 is 10.6 Å². The molecule has 0 aliphatic carbocycles. The molecule has 0 bridgehead atoms. The minimum Gasteiger partial charge on any atom is -0.459 e. The highest BCUT2D eigenvalue weighted by atomic mass is 16.3. The number of nitrogens with one attached hydrogen (secondary N) is 2. The van der Waals surface area contributed by atoms with Crippen molar-refractivity contribution in [3.63, 3.8) is 0 Å². The van der Waals surface area contributed by atoms with Crippen LogP contribution in [0.5, 0.6) is 0 Å². The van der Waals surface area contributed by atoms with Gasteiger partial charge in [-0.1, -0.05) is 13.8 Å². The first-order valence-corrected chi connectivity index (χ1v) is 8.78. The Bertz CT molecular complexity index is 577. The normalized spacial score (nSPS) is 17.2. The van der Waals surface area contributed by atoms with Gasteiger partial charge in [0.2, 0.25) is 0 Å². The number of furan rings is 1. The van der Waals surface area contributed by atoms with Crippen LogP contribution in [0.15, 0.2) is 21.7 Å². The molecule has 1 amide bonds. The van der Waals surface area contributed by atoms with Crippen molar-refractivity contribution in [3.8, 4) is 0 Å². The molecule has 134 valence electrons. The van der Waals surface area contributed by atoms with E-state index in [-0.39, 0.29) is 5.91 Å². The molecular formula is C18H30N4O2. The summed E-state index contributed by atoms with van der Waals surface area (Å²) < 4.78 is 5.18. The lowest BCUT2D eigenvalue weighted by molar-refractivity contribution is 0.0925. The summed E-state index contributed by atoms with van der Waals surface area (Å²) in [5.41, 5.74) is 1.21. The Hall–Kier alpha value is -1.98. The van der Waals surface area contributed by atoms with Gasteiger partial charge in [0.15, 0.2) is 11.7 Å². The number of aryl methyl sites for hydroxylation is 1. The SMILES string of the molecule is CCNC(=NCCCNC(=O)c1occc1C)N1CCC(C)(C)C1. The van der Waals surface area contributed by atoms with E-state index in [9.17, 15) is 4.79 Å². The van der Waals surface area contributed by atoms with Crippen LogP contribution in [0, 0.1) is 12.3 Å². The van der Waals surface area contributed by atoms with E-state index in [2.05, 4.69) is 36.3 Å². The first-order chi connectivity index (χ1) is 11.4. The summed E-state index contributed by atoms with van der Waals surface area (Å²) in [6.07, 6.45) is 3.53. The Kier molecular flexibility index (Phi) is 6.29. The molecule has 2 rings (SSSR count). The molecule has 24 heavy (non-hydrogen) atoms. The molecule has 6 heteroatoms. The van der Waals surface area contributed by atoms with Crippen molar-refractivity contribution in [3.05, 3.63) is 23.7 Å². The smallest absolute Gasteiger partial charge is 0.287 e. The molecule has 0 atom stereocenters. The number of hydrogen-bond donors (Lipinski definition) is 2. The van der Waals surface area contributed by atoms with Gasteiger partial charge in [-0.05, 0) is 38.2 Å². The number of hydrogen-bond acceptors (Lipinski definition) is 3. The zero-order chi connectivity index (χ0) is 17.6. The predicted molar refractivity (Wildman–Crippen MR) is 96.3 cm³/mol. The van der Waals surface area contributed by atoms with E-state index in [1.165, 1.54) is 12.7 Å². The minimum absolute atomic E-state index is 0.158. The van der Waals surface area contributed by atoms with Crippen LogP contribution in [0.4, 0.5) is 0 Å². The Balaban J connectivity index is 1.76. The fourth-order valence-corrected chi connectivity index (χ4v) is 2.87. The van der Waals surface area contributed by atoms with Crippen molar-refractivity contribution in [2.24, 2.45) is 10.4 Å². The van der Waals surface area contributed by atoms with E-state index in [1.54, 1.807) is 6.07 Å². The molecule has 6 nitrogen and oxygen atoms in total. The largest absolute Gasteiger partial charge is 0.459 e. The Morgan fingerprint density at radius 2 is 2.21 bits per heavy atom. The average molecular weight is 334 g/mol. The van der Waals surface area contributed by atoms with E-state index in [0.29, 0.717) is 24.3 Å². The third-order valence-electron chi connectivity index (χ3n) is 4.26. The van der Waals surface area contributed by atoms with Crippen LogP contribution >= 0.6 is 0 Å². The molecule has 0 saturated carbocycles. The van der Waals surface area contributed by atoms with Gasteiger partial charge >= 0.3 is 0 Å². The zero-order valence-corrected chi connectivity index (χ0v) is 15.3. The lowest BCUT2D eigenvalue weighted by atomic mass is 9.93. The lowest BCUT2D eigenvalue weighted by Crippen LogP contribution is -2.41. The fourth-order valence-electron chi connectivity index (χ4n) is 2.87. The molecule has 0 aromatic carbocycles. The lowest BCUT2D eigenvalue weighted by Gasteiger charge is -2.23. The van der Waals surface area contributed by atoms with Gasteiger partial charge < -0.3 is 20.0 Å². The summed E-state index contributed by atoms with van der Waals surface area (Å²) in [6.45, 7) is 12.8. The molecule has 0 radical (unpaired) electrons. The van der Waals surface area contributed by atoms with Gasteiger partial charge in [-0.3, -0.25) is 9.79 Å². The van der Waals surface area contributed by atoms with Crippen LogP contribution in [0.3, 0.4) is 0 Å². The number of carbonyl (C=O) groups excluding carboxylic acids is 1. The second kappa shape index (κ2) is 8.22. The van der Waals surface area contributed by atoms with Crippen LogP contribution in [0.25, 0.3) is 0 Å². The average Bonchev–Trinajstić information content (AvgIpc) is 3.11. The first-order valence-electron chi connectivity index (χ1n) is 8.78. The summed E-state index contributed by atoms with van der Waals surface area (Å²) in [7, 11) is 0. The molecule has 1 aliphatic rings. The maximum Gasteiger partial charge on any atom is 0.287 e. The minimum atomic E-state index is -0.158. The number of aliphatic imine (C=N–C) groups is 1. The molecule has 2 heterocycles. The fraction of sp³-hybridized carbons (Fsp3) is 0.667. The van der Waals surface area contributed by atoms with Gasteiger partial charge in [0.1, 0.15) is 0 Å². The molecule has 2 N–H and O–H groups in total. The van der Waals surface area contributed by atoms with E-state index in [4.69, 9.17) is 9.41 Å². The quantitative estimate of drug-likeness (QED) is 0.476. The Morgan fingerprint density at radius 1 is 1.42 bits per heavy atom. The zero-order valence-electron chi connectivity index (χ0n) is 15.3. The highest BCUT2D eigenvalue weighted by Gasteiger charge is 2.30. The standard InChI is InChI=1S/C18H30N4O2/c1-5-19-17(22-11-8-18(3,4)13-22)21-10-6-9-20-16(23)15-14(2)7-12-24-15/h7,12H,5-6,8-11,13H2,1-4H3,(H,19,21)(H,20,23). The summed E-state index contributed by atoms with van der Waals surface area (Å²) in [4.78, 5) is 19.0. The monoisotopic (exact) mass is 334 g/mol. The van der Waals surface area contributed by atoms with E-state index in [0.717, 1.165) is 37.6 Å². The van der Waals surface area contributed by atoms with Crippen molar-refractivity contribution < 1.29 is 9.21 Å². The van der Waals surface area contributed by atoms with Gasteiger partial charge in [0, 0.05) is 38.3 Å². The number of nitrogens with zero attached hydrogens (tertiary/aromatic N) is 2. The summed E-state index contributed by atoms with van der Waals surface area (Å²) in [5.74, 6) is 1.22. The first kappa shape index (κ1) is 18.4. The van der Waals surface area contributed by atoms with Gasteiger partial charge in [0.05, 0.1) is 6.26 Å². The highest BCUT2D eigenvalue weighted by Crippen LogP contribution is 2.28. The molecule has 1 aliphatic heterocycles. The second-order valence-electron chi connectivity index (χ2n) is 7.11. The number of likely N-dealkylation sites (tertiary alicyclic amines) is 1. The van der Waals surface area contributed by atoms with Crippen molar-refractivity contribution in [2.75, 3.05) is 32.7 Å². The van der Waals surface area contributed by atoms with E-state index >= 15 is 0 Å². The van der Waals surface area contributed by atoms with Crippen molar-refractivity contribution >= 4 is 11.9 Å². The van der Waals surface area contributed by atoms with Gasteiger partial charge in [-0.2, -0.15) is 0 Å². The maximum absolute atomic E-state index is 11.9. The molecule has 1 fully saturated rings. The molecule has 0 spiro atoms. The number of rotatable bonds is 6. The predicted octanol–water partition coefficient (Wildman–Crippen LogP) is 2.41. The van der Waals surface area contributed by atoms with Crippen molar-refractivity contribution in [2.45, 2.75) is 40.5 Å². The van der Waals surface area contributed by atoms with E-state index in [1.807, 2.05) is 6.92 Å².